The van der Waals surface area contributed by atoms with Crippen molar-refractivity contribution in [2.45, 2.75) is 32.4 Å². The van der Waals surface area contributed by atoms with Crippen molar-refractivity contribution in [3.8, 4) is 17.2 Å². The van der Waals surface area contributed by atoms with Crippen LogP contribution < -0.4 is 19.5 Å². The Morgan fingerprint density at radius 3 is 2.12 bits per heavy atom. The molecule has 0 aliphatic rings. The topological polar surface area (TPSA) is 39.7 Å². The van der Waals surface area contributed by atoms with Gasteiger partial charge in [-0.25, -0.2) is 0 Å². The average molecular weight is 329 g/mol. The number of nitrogens with one attached hydrogen (secondary N) is 1. The fourth-order valence-corrected chi connectivity index (χ4v) is 2.64. The molecule has 4 heteroatoms. The number of methoxy groups -OCH3 is 3. The summed E-state index contributed by atoms with van der Waals surface area (Å²) in [5.74, 6) is 2.19. The molecule has 2 rings (SSSR count). The molecule has 1 N–H and O–H groups in total. The Balaban J connectivity index is 1.95. The molecule has 0 amide bonds. The van der Waals surface area contributed by atoms with Crippen LogP contribution >= 0.6 is 0 Å². The van der Waals surface area contributed by atoms with Gasteiger partial charge in [0.1, 0.15) is 5.75 Å². The number of hydrogen-bond acceptors (Lipinski definition) is 4. The Morgan fingerprint density at radius 1 is 0.875 bits per heavy atom. The predicted octanol–water partition coefficient (Wildman–Crippen LogP) is 3.82. The van der Waals surface area contributed by atoms with E-state index in [1.165, 1.54) is 5.56 Å². The molecular formula is C20H27NO3. The Bertz CT molecular complexity index is 628. The van der Waals surface area contributed by atoms with Gasteiger partial charge in [0.05, 0.1) is 21.3 Å². The first-order valence-electron chi connectivity index (χ1n) is 8.24. The van der Waals surface area contributed by atoms with Crippen molar-refractivity contribution in [2.24, 2.45) is 0 Å². The molecule has 24 heavy (non-hydrogen) atoms. The summed E-state index contributed by atoms with van der Waals surface area (Å²) in [5, 5.41) is 3.56. The molecule has 2 aromatic carbocycles. The molecule has 0 heterocycles. The van der Waals surface area contributed by atoms with Crippen molar-refractivity contribution >= 4 is 0 Å². The molecule has 0 saturated carbocycles. The quantitative estimate of drug-likeness (QED) is 0.759. The van der Waals surface area contributed by atoms with Crippen LogP contribution in [0.2, 0.25) is 0 Å². The lowest BCUT2D eigenvalue weighted by atomic mass is 10.1. The van der Waals surface area contributed by atoms with Gasteiger partial charge in [0.15, 0.2) is 11.5 Å². The van der Waals surface area contributed by atoms with Crippen LogP contribution in [0.1, 0.15) is 24.5 Å². The molecule has 1 unspecified atom stereocenters. The van der Waals surface area contributed by atoms with E-state index in [1.807, 2.05) is 12.1 Å². The Morgan fingerprint density at radius 2 is 1.50 bits per heavy atom. The van der Waals surface area contributed by atoms with Crippen LogP contribution in [0.4, 0.5) is 0 Å². The minimum atomic E-state index is 0.406. The number of benzene rings is 2. The molecule has 2 aromatic rings. The molecule has 0 spiro atoms. The van der Waals surface area contributed by atoms with E-state index in [0.29, 0.717) is 17.5 Å². The van der Waals surface area contributed by atoms with Crippen molar-refractivity contribution in [2.75, 3.05) is 21.3 Å². The fourth-order valence-electron chi connectivity index (χ4n) is 2.64. The highest BCUT2D eigenvalue weighted by atomic mass is 16.5. The van der Waals surface area contributed by atoms with Crippen LogP contribution in [0.15, 0.2) is 42.5 Å². The monoisotopic (exact) mass is 329 g/mol. The molecule has 4 nitrogen and oxygen atoms in total. The second-order valence-corrected chi connectivity index (χ2v) is 5.83. The Kier molecular flexibility index (Phi) is 6.94. The highest BCUT2D eigenvalue weighted by Crippen LogP contribution is 2.34. The van der Waals surface area contributed by atoms with E-state index in [-0.39, 0.29) is 0 Å². The molecule has 0 bridgehead atoms. The van der Waals surface area contributed by atoms with Crippen molar-refractivity contribution < 1.29 is 14.2 Å². The summed E-state index contributed by atoms with van der Waals surface area (Å²) in [7, 11) is 4.94. The molecule has 0 aliphatic heterocycles. The maximum absolute atomic E-state index is 5.47. The molecule has 0 aliphatic carbocycles. The van der Waals surface area contributed by atoms with Gasteiger partial charge in [-0.3, -0.25) is 0 Å². The minimum absolute atomic E-state index is 0.406. The summed E-state index contributed by atoms with van der Waals surface area (Å²) >= 11 is 0. The first-order chi connectivity index (χ1) is 11.7. The first-order valence-corrected chi connectivity index (χ1v) is 8.24. The summed E-state index contributed by atoms with van der Waals surface area (Å²) in [6.45, 7) is 2.93. The van der Waals surface area contributed by atoms with Crippen molar-refractivity contribution in [1.29, 1.82) is 0 Å². The van der Waals surface area contributed by atoms with Crippen LogP contribution in [0.3, 0.4) is 0 Å². The van der Waals surface area contributed by atoms with E-state index in [1.54, 1.807) is 21.3 Å². The molecule has 0 saturated heterocycles. The van der Waals surface area contributed by atoms with Crippen LogP contribution in [0, 0.1) is 0 Å². The third-order valence-corrected chi connectivity index (χ3v) is 4.14. The van der Waals surface area contributed by atoms with Crippen molar-refractivity contribution in [3.05, 3.63) is 53.6 Å². The molecule has 0 fully saturated rings. The van der Waals surface area contributed by atoms with E-state index in [9.17, 15) is 0 Å². The number of aryl methyl sites for hydroxylation is 1. The predicted molar refractivity (Wildman–Crippen MR) is 97.2 cm³/mol. The summed E-state index contributed by atoms with van der Waals surface area (Å²) in [6.07, 6.45) is 2.15. The number of ether oxygens (including phenoxy) is 3. The zero-order valence-electron chi connectivity index (χ0n) is 15.0. The van der Waals surface area contributed by atoms with E-state index in [4.69, 9.17) is 14.2 Å². The van der Waals surface area contributed by atoms with Gasteiger partial charge < -0.3 is 19.5 Å². The van der Waals surface area contributed by atoms with Crippen molar-refractivity contribution in [1.82, 2.24) is 5.32 Å². The normalized spacial score (nSPS) is 11.8. The number of rotatable bonds is 9. The standard InChI is InChI=1S/C20H27NO3/c1-15(10-11-16-8-6-5-7-9-16)21-14-17-12-19(23-3)20(24-4)13-18(17)22-2/h5-9,12-13,15,21H,10-11,14H2,1-4H3. The molecule has 1 atom stereocenters. The third kappa shape index (κ3) is 4.90. The van der Waals surface area contributed by atoms with Gasteiger partial charge in [-0.15, -0.1) is 0 Å². The summed E-state index contributed by atoms with van der Waals surface area (Å²) < 4.78 is 16.2. The largest absolute Gasteiger partial charge is 0.496 e. The number of hydrogen-bond donors (Lipinski definition) is 1. The smallest absolute Gasteiger partial charge is 0.164 e. The van der Waals surface area contributed by atoms with E-state index in [0.717, 1.165) is 30.7 Å². The molecule has 0 radical (unpaired) electrons. The lowest BCUT2D eigenvalue weighted by molar-refractivity contribution is 0.346. The van der Waals surface area contributed by atoms with E-state index < -0.39 is 0 Å². The average Bonchev–Trinajstić information content (AvgIpc) is 2.64. The summed E-state index contributed by atoms with van der Waals surface area (Å²) in [6, 6.07) is 14.8. The van der Waals surface area contributed by atoms with Gasteiger partial charge in [-0.2, -0.15) is 0 Å². The van der Waals surface area contributed by atoms with Gasteiger partial charge >= 0.3 is 0 Å². The maximum Gasteiger partial charge on any atom is 0.164 e. The fraction of sp³-hybridized carbons (Fsp3) is 0.400. The molecule has 130 valence electrons. The zero-order valence-corrected chi connectivity index (χ0v) is 15.0. The van der Waals surface area contributed by atoms with Crippen LogP contribution in [0.25, 0.3) is 0 Å². The van der Waals surface area contributed by atoms with Crippen LogP contribution in [-0.2, 0) is 13.0 Å². The van der Waals surface area contributed by atoms with Gasteiger partial charge in [-0.05, 0) is 31.4 Å². The molecular weight excluding hydrogens is 302 g/mol. The molecule has 0 aromatic heterocycles. The van der Waals surface area contributed by atoms with E-state index >= 15 is 0 Å². The maximum atomic E-state index is 5.47. The summed E-state index contributed by atoms with van der Waals surface area (Å²) in [5.41, 5.74) is 2.43. The SMILES string of the molecule is COc1cc(OC)c(OC)cc1CNC(C)CCc1ccccc1. The lowest BCUT2D eigenvalue weighted by Gasteiger charge is -2.17. The van der Waals surface area contributed by atoms with Gasteiger partial charge in [0.2, 0.25) is 0 Å². The van der Waals surface area contributed by atoms with Crippen LogP contribution in [-0.4, -0.2) is 27.4 Å². The van der Waals surface area contributed by atoms with Gasteiger partial charge in [-0.1, -0.05) is 30.3 Å². The zero-order chi connectivity index (χ0) is 17.4. The lowest BCUT2D eigenvalue weighted by Crippen LogP contribution is -2.26. The highest BCUT2D eigenvalue weighted by molar-refractivity contribution is 5.50. The first kappa shape index (κ1) is 18.1. The second kappa shape index (κ2) is 9.18. The van der Waals surface area contributed by atoms with Crippen molar-refractivity contribution in [3.63, 3.8) is 0 Å². The minimum Gasteiger partial charge on any atom is -0.496 e. The Hall–Kier alpha value is -2.20. The Labute approximate surface area is 144 Å². The van der Waals surface area contributed by atoms with Gasteiger partial charge in [0.25, 0.3) is 0 Å². The summed E-state index contributed by atoms with van der Waals surface area (Å²) in [4.78, 5) is 0. The highest BCUT2D eigenvalue weighted by Gasteiger charge is 2.12. The second-order valence-electron chi connectivity index (χ2n) is 5.83. The third-order valence-electron chi connectivity index (χ3n) is 4.14. The van der Waals surface area contributed by atoms with Crippen LogP contribution in [0.5, 0.6) is 17.2 Å². The van der Waals surface area contributed by atoms with Gasteiger partial charge in [0, 0.05) is 24.2 Å². The van der Waals surface area contributed by atoms with E-state index in [2.05, 4.69) is 42.6 Å².